The van der Waals surface area contributed by atoms with E-state index in [4.69, 9.17) is 11.6 Å². The van der Waals surface area contributed by atoms with Crippen LogP contribution in [0.3, 0.4) is 0 Å². The minimum absolute atomic E-state index is 0.109. The number of rotatable bonds is 3. The highest BCUT2D eigenvalue weighted by molar-refractivity contribution is 6.31. The third kappa shape index (κ3) is 3.92. The Labute approximate surface area is 111 Å². The molecule has 6 heteroatoms. The smallest absolute Gasteiger partial charge is 0.325 e. The topological polar surface area (TPSA) is 58.6 Å². The van der Waals surface area contributed by atoms with Crippen molar-refractivity contribution in [3.8, 4) is 0 Å². The number of benzene rings is 1. The van der Waals surface area contributed by atoms with Gasteiger partial charge in [0.1, 0.15) is 6.54 Å². The van der Waals surface area contributed by atoms with E-state index in [9.17, 15) is 9.59 Å². The molecular weight excluding hydrogens is 256 g/mol. The van der Waals surface area contributed by atoms with Gasteiger partial charge in [0.15, 0.2) is 0 Å². The van der Waals surface area contributed by atoms with Crippen LogP contribution in [0, 0.1) is 6.92 Å². The van der Waals surface area contributed by atoms with Crippen molar-refractivity contribution in [3.05, 3.63) is 28.8 Å². The summed E-state index contributed by atoms with van der Waals surface area (Å²) in [6.45, 7) is 1.76. The fourth-order valence-corrected chi connectivity index (χ4v) is 1.40. The summed E-state index contributed by atoms with van der Waals surface area (Å²) in [4.78, 5) is 24.0. The van der Waals surface area contributed by atoms with E-state index < -0.39 is 12.0 Å². The Hall–Kier alpha value is -1.75. The van der Waals surface area contributed by atoms with Crippen molar-refractivity contribution in [2.45, 2.75) is 6.92 Å². The van der Waals surface area contributed by atoms with Crippen molar-refractivity contribution in [1.82, 2.24) is 4.90 Å². The van der Waals surface area contributed by atoms with E-state index in [1.54, 1.807) is 18.2 Å². The van der Waals surface area contributed by atoms with Crippen LogP contribution in [0.4, 0.5) is 10.5 Å². The molecule has 0 aromatic heterocycles. The normalized spacial score (nSPS) is 9.78. The lowest BCUT2D eigenvalue weighted by Gasteiger charge is -2.16. The zero-order valence-corrected chi connectivity index (χ0v) is 11.2. The van der Waals surface area contributed by atoms with Gasteiger partial charge in [-0.1, -0.05) is 17.7 Å². The van der Waals surface area contributed by atoms with Gasteiger partial charge in [0.05, 0.1) is 7.11 Å². The van der Waals surface area contributed by atoms with E-state index in [0.29, 0.717) is 10.7 Å². The number of nitrogens with zero attached hydrogens (tertiary/aromatic N) is 1. The van der Waals surface area contributed by atoms with E-state index >= 15 is 0 Å². The third-order valence-electron chi connectivity index (χ3n) is 2.36. The van der Waals surface area contributed by atoms with Crippen LogP contribution in [-0.4, -0.2) is 37.6 Å². The minimum atomic E-state index is -0.477. The number of methoxy groups -OCH3 is 1. The molecule has 1 N–H and O–H groups in total. The molecule has 98 valence electrons. The van der Waals surface area contributed by atoms with Crippen molar-refractivity contribution in [3.63, 3.8) is 0 Å². The minimum Gasteiger partial charge on any atom is -0.468 e. The maximum absolute atomic E-state index is 11.7. The van der Waals surface area contributed by atoms with Crippen molar-refractivity contribution in [2.24, 2.45) is 0 Å². The van der Waals surface area contributed by atoms with Crippen LogP contribution in [0.15, 0.2) is 18.2 Å². The summed E-state index contributed by atoms with van der Waals surface area (Å²) in [5.74, 6) is -0.477. The van der Waals surface area contributed by atoms with Gasteiger partial charge in [-0.15, -0.1) is 0 Å². The summed E-state index contributed by atoms with van der Waals surface area (Å²) < 4.78 is 4.47. The Bertz CT molecular complexity index is 463. The summed E-state index contributed by atoms with van der Waals surface area (Å²) in [7, 11) is 2.77. The van der Waals surface area contributed by atoms with E-state index in [1.807, 2.05) is 6.92 Å². The zero-order valence-electron chi connectivity index (χ0n) is 10.5. The first-order valence-electron chi connectivity index (χ1n) is 5.29. The average molecular weight is 271 g/mol. The second kappa shape index (κ2) is 6.26. The van der Waals surface area contributed by atoms with Crippen LogP contribution in [0.5, 0.6) is 0 Å². The molecule has 0 aliphatic carbocycles. The Balaban J connectivity index is 2.63. The number of amides is 2. The van der Waals surface area contributed by atoms with E-state index in [2.05, 4.69) is 10.1 Å². The Kier molecular flexibility index (Phi) is 4.97. The predicted octanol–water partition coefficient (Wildman–Crippen LogP) is 2.29. The average Bonchev–Trinajstić information content (AvgIpc) is 2.33. The van der Waals surface area contributed by atoms with Crippen molar-refractivity contribution in [2.75, 3.05) is 26.0 Å². The molecule has 2 amide bonds. The molecule has 0 aliphatic heterocycles. The summed E-state index contributed by atoms with van der Waals surface area (Å²) in [5, 5.41) is 3.21. The van der Waals surface area contributed by atoms with Crippen molar-refractivity contribution in [1.29, 1.82) is 0 Å². The molecule has 1 rings (SSSR count). The second-order valence-electron chi connectivity index (χ2n) is 3.83. The Morgan fingerprint density at radius 2 is 2.11 bits per heavy atom. The van der Waals surface area contributed by atoms with Gasteiger partial charge in [-0.25, -0.2) is 4.79 Å². The van der Waals surface area contributed by atoms with Gasteiger partial charge >= 0.3 is 12.0 Å². The molecule has 0 saturated heterocycles. The summed E-state index contributed by atoms with van der Waals surface area (Å²) >= 11 is 5.94. The summed E-state index contributed by atoms with van der Waals surface area (Å²) in [6.07, 6.45) is 0. The number of hydrogen-bond donors (Lipinski definition) is 1. The quantitative estimate of drug-likeness (QED) is 0.858. The van der Waals surface area contributed by atoms with Crippen molar-refractivity contribution < 1.29 is 14.3 Å². The Morgan fingerprint density at radius 1 is 1.44 bits per heavy atom. The number of halogens is 1. The number of anilines is 1. The van der Waals surface area contributed by atoms with Gasteiger partial charge in [-0.05, 0) is 24.6 Å². The highest BCUT2D eigenvalue weighted by Gasteiger charge is 2.13. The predicted molar refractivity (Wildman–Crippen MR) is 69.9 cm³/mol. The van der Waals surface area contributed by atoms with Crippen molar-refractivity contribution >= 4 is 29.3 Å². The number of carbonyl (C=O) groups excluding carboxylic acids is 2. The highest BCUT2D eigenvalue weighted by atomic mass is 35.5. The van der Waals surface area contributed by atoms with Crippen LogP contribution in [0.1, 0.15) is 5.56 Å². The van der Waals surface area contributed by atoms with Crippen LogP contribution in [-0.2, 0) is 9.53 Å². The number of nitrogens with one attached hydrogen (secondary N) is 1. The third-order valence-corrected chi connectivity index (χ3v) is 2.77. The first-order chi connectivity index (χ1) is 8.43. The number of hydrogen-bond acceptors (Lipinski definition) is 3. The maximum Gasteiger partial charge on any atom is 0.325 e. The molecule has 0 bridgehead atoms. The second-order valence-corrected chi connectivity index (χ2v) is 4.23. The number of esters is 1. The van der Waals surface area contributed by atoms with E-state index in [-0.39, 0.29) is 6.54 Å². The fraction of sp³-hybridized carbons (Fsp3) is 0.333. The molecule has 0 fully saturated rings. The molecule has 0 unspecified atom stereocenters. The highest BCUT2D eigenvalue weighted by Crippen LogP contribution is 2.20. The molecule has 1 aromatic rings. The molecule has 0 saturated carbocycles. The molecule has 0 aliphatic rings. The largest absolute Gasteiger partial charge is 0.468 e. The SMILES string of the molecule is COC(=O)CN(C)C(=O)Nc1ccc(C)c(Cl)c1. The fourth-order valence-electron chi connectivity index (χ4n) is 1.22. The summed E-state index contributed by atoms with van der Waals surface area (Å²) in [6, 6.07) is 4.80. The number of carbonyl (C=O) groups is 2. The first kappa shape index (κ1) is 14.3. The lowest BCUT2D eigenvalue weighted by molar-refractivity contribution is -0.140. The van der Waals surface area contributed by atoms with Crippen LogP contribution in [0.2, 0.25) is 5.02 Å². The number of aryl methyl sites for hydroxylation is 1. The molecule has 0 heterocycles. The maximum atomic E-state index is 11.7. The standard InChI is InChI=1S/C12H15ClN2O3/c1-8-4-5-9(6-10(8)13)14-12(17)15(2)7-11(16)18-3/h4-6H,7H2,1-3H3,(H,14,17). The summed E-state index contributed by atoms with van der Waals surface area (Å²) in [5.41, 5.74) is 1.50. The molecular formula is C12H15ClN2O3. The van der Waals surface area contributed by atoms with Crippen LogP contribution < -0.4 is 5.32 Å². The lowest BCUT2D eigenvalue weighted by atomic mass is 10.2. The number of urea groups is 1. The van der Waals surface area contributed by atoms with Gasteiger partial charge in [0.2, 0.25) is 0 Å². The molecule has 5 nitrogen and oxygen atoms in total. The Morgan fingerprint density at radius 3 is 2.67 bits per heavy atom. The van der Waals surface area contributed by atoms with Crippen LogP contribution >= 0.6 is 11.6 Å². The van der Waals surface area contributed by atoms with E-state index in [0.717, 1.165) is 5.56 Å². The molecule has 1 aromatic carbocycles. The molecule has 0 spiro atoms. The number of likely N-dealkylation sites (N-methyl/N-ethyl adjacent to an activating group) is 1. The number of ether oxygens (including phenoxy) is 1. The van der Waals surface area contributed by atoms with Gasteiger partial charge in [-0.3, -0.25) is 4.79 Å². The van der Waals surface area contributed by atoms with Crippen LogP contribution in [0.25, 0.3) is 0 Å². The van der Waals surface area contributed by atoms with Gasteiger partial charge in [0, 0.05) is 17.8 Å². The molecule has 18 heavy (non-hydrogen) atoms. The lowest BCUT2D eigenvalue weighted by Crippen LogP contribution is -2.35. The van der Waals surface area contributed by atoms with Gasteiger partial charge in [-0.2, -0.15) is 0 Å². The van der Waals surface area contributed by atoms with Gasteiger partial charge in [0.25, 0.3) is 0 Å². The van der Waals surface area contributed by atoms with E-state index in [1.165, 1.54) is 19.1 Å². The zero-order chi connectivity index (χ0) is 13.7. The molecule has 0 atom stereocenters. The van der Waals surface area contributed by atoms with Gasteiger partial charge < -0.3 is 15.0 Å². The first-order valence-corrected chi connectivity index (χ1v) is 5.67. The molecule has 0 radical (unpaired) electrons. The monoisotopic (exact) mass is 270 g/mol.